The molecule has 0 bridgehead atoms. The highest BCUT2D eigenvalue weighted by atomic mass is 31.2. The first-order valence-corrected chi connectivity index (χ1v) is 10.0. The van der Waals surface area contributed by atoms with Crippen LogP contribution in [-0.4, -0.2) is 9.79 Å². The van der Waals surface area contributed by atoms with Crippen molar-refractivity contribution in [2.24, 2.45) is 0 Å². The van der Waals surface area contributed by atoms with Crippen LogP contribution in [-0.2, 0) is 16.9 Å². The average molecular weight is 449 g/mol. The van der Waals surface area contributed by atoms with E-state index in [1.54, 1.807) is 30.3 Å². The number of alkyl halides is 6. The van der Waals surface area contributed by atoms with Crippen LogP contribution in [0.5, 0.6) is 0 Å². The fraction of sp³-hybridized carbons (Fsp3) is 0.158. The predicted octanol–water partition coefficient (Wildman–Crippen LogP) is 6.17. The monoisotopic (exact) mass is 449 g/mol. The molecule has 0 aliphatic carbocycles. The molecule has 0 amide bonds. The van der Waals surface area contributed by atoms with Gasteiger partial charge in [0.05, 0.1) is 11.1 Å². The minimum atomic E-state index is -5.23. The van der Waals surface area contributed by atoms with Gasteiger partial charge in [0.15, 0.2) is 5.78 Å². The van der Waals surface area contributed by atoms with Gasteiger partial charge in [-0.2, -0.15) is 26.3 Å². The third kappa shape index (κ3) is 4.77. The standard InChI is InChI=1S/C19H14F6NO3P/c20-18(21,22)13-8-12(9-14(10-13)19(23,24)25)17(30(27,28)29)26-16-7-3-5-11-4-1-2-6-15(11)16/h1-10,17,26H,(H2,27,28,29). The first-order chi connectivity index (χ1) is 13.8. The van der Waals surface area contributed by atoms with Crippen LogP contribution in [0.1, 0.15) is 22.5 Å². The maximum atomic E-state index is 13.1. The van der Waals surface area contributed by atoms with Crippen molar-refractivity contribution in [3.8, 4) is 0 Å². The Morgan fingerprint density at radius 1 is 0.800 bits per heavy atom. The quantitative estimate of drug-likeness (QED) is 0.329. The molecule has 3 N–H and O–H groups in total. The summed E-state index contributed by atoms with van der Waals surface area (Å²) in [6.45, 7) is 0. The molecule has 0 aromatic heterocycles. The maximum absolute atomic E-state index is 13.1. The number of rotatable bonds is 4. The van der Waals surface area contributed by atoms with E-state index in [4.69, 9.17) is 0 Å². The summed E-state index contributed by atoms with van der Waals surface area (Å²) in [7, 11) is -5.23. The number of anilines is 1. The highest BCUT2D eigenvalue weighted by molar-refractivity contribution is 7.52. The van der Waals surface area contributed by atoms with E-state index >= 15 is 0 Å². The van der Waals surface area contributed by atoms with Gasteiger partial charge < -0.3 is 15.1 Å². The zero-order valence-corrected chi connectivity index (χ0v) is 15.8. The third-order valence-corrected chi connectivity index (χ3v) is 5.44. The Balaban J connectivity index is 2.18. The third-order valence-electron chi connectivity index (χ3n) is 4.34. The average Bonchev–Trinajstić information content (AvgIpc) is 2.63. The normalized spacial score (nSPS) is 14.0. The van der Waals surface area contributed by atoms with Crippen molar-refractivity contribution in [3.63, 3.8) is 0 Å². The van der Waals surface area contributed by atoms with Crippen LogP contribution >= 0.6 is 7.60 Å². The summed E-state index contributed by atoms with van der Waals surface area (Å²) in [5.74, 6) is -2.13. The molecular weight excluding hydrogens is 435 g/mol. The minimum absolute atomic E-state index is 0.0991. The second kappa shape index (κ2) is 7.61. The summed E-state index contributed by atoms with van der Waals surface area (Å²) >= 11 is 0. The van der Waals surface area contributed by atoms with E-state index in [-0.39, 0.29) is 11.8 Å². The second-order valence-electron chi connectivity index (χ2n) is 6.50. The van der Waals surface area contributed by atoms with Gasteiger partial charge in [0.1, 0.15) is 0 Å². The smallest absolute Gasteiger partial charge is 0.367 e. The fourth-order valence-corrected chi connectivity index (χ4v) is 3.84. The molecule has 3 aromatic carbocycles. The Labute approximate surface area is 166 Å². The van der Waals surface area contributed by atoms with E-state index in [9.17, 15) is 40.7 Å². The van der Waals surface area contributed by atoms with Gasteiger partial charge in [-0.25, -0.2) is 0 Å². The van der Waals surface area contributed by atoms with Gasteiger partial charge in [-0.15, -0.1) is 0 Å². The Morgan fingerprint density at radius 3 is 1.87 bits per heavy atom. The van der Waals surface area contributed by atoms with Gasteiger partial charge in [0.25, 0.3) is 0 Å². The van der Waals surface area contributed by atoms with Crippen LogP contribution in [0.15, 0.2) is 60.7 Å². The van der Waals surface area contributed by atoms with Crippen LogP contribution in [0.3, 0.4) is 0 Å². The van der Waals surface area contributed by atoms with Crippen LogP contribution < -0.4 is 5.32 Å². The van der Waals surface area contributed by atoms with E-state index in [0.29, 0.717) is 22.9 Å². The SMILES string of the molecule is O=P(O)(O)C(Nc1cccc2ccccc12)c1cc(C(F)(F)F)cc(C(F)(F)F)c1. The lowest BCUT2D eigenvalue weighted by Gasteiger charge is -2.24. The molecule has 3 aromatic rings. The largest absolute Gasteiger partial charge is 0.416 e. The molecular formula is C19H14F6NO3P. The first kappa shape index (κ1) is 22.1. The van der Waals surface area contributed by atoms with Gasteiger partial charge >= 0.3 is 19.9 Å². The summed E-state index contributed by atoms with van der Waals surface area (Å²) in [6, 6.07) is 11.8. The fourth-order valence-electron chi connectivity index (χ4n) is 3.00. The molecule has 11 heteroatoms. The van der Waals surface area contributed by atoms with E-state index < -0.39 is 42.4 Å². The highest BCUT2D eigenvalue weighted by Crippen LogP contribution is 2.53. The van der Waals surface area contributed by atoms with E-state index in [1.807, 2.05) is 0 Å². The molecule has 1 unspecified atom stereocenters. The van der Waals surface area contributed by atoms with Crippen molar-refractivity contribution in [1.82, 2.24) is 0 Å². The van der Waals surface area contributed by atoms with Gasteiger partial charge in [-0.05, 0) is 35.2 Å². The van der Waals surface area contributed by atoms with Crippen molar-refractivity contribution < 1.29 is 40.7 Å². The van der Waals surface area contributed by atoms with Crippen molar-refractivity contribution >= 4 is 24.1 Å². The Hall–Kier alpha value is -2.55. The zero-order chi connectivity index (χ0) is 22.3. The molecule has 160 valence electrons. The lowest BCUT2D eigenvalue weighted by Crippen LogP contribution is -2.16. The molecule has 0 heterocycles. The summed E-state index contributed by atoms with van der Waals surface area (Å²) in [4.78, 5) is 19.5. The Morgan fingerprint density at radius 2 is 1.33 bits per heavy atom. The molecule has 0 spiro atoms. The zero-order valence-electron chi connectivity index (χ0n) is 14.9. The number of fused-ring (bicyclic) bond motifs is 1. The molecule has 0 saturated heterocycles. The Bertz CT molecular complexity index is 1090. The van der Waals surface area contributed by atoms with Crippen LogP contribution in [0.25, 0.3) is 10.8 Å². The van der Waals surface area contributed by atoms with Gasteiger partial charge in [0.2, 0.25) is 0 Å². The number of hydrogen-bond acceptors (Lipinski definition) is 2. The molecule has 0 radical (unpaired) electrons. The lowest BCUT2D eigenvalue weighted by atomic mass is 10.0. The second-order valence-corrected chi connectivity index (χ2v) is 8.20. The predicted molar refractivity (Wildman–Crippen MR) is 98.8 cm³/mol. The Kier molecular flexibility index (Phi) is 5.62. The molecule has 0 saturated carbocycles. The maximum Gasteiger partial charge on any atom is 0.416 e. The van der Waals surface area contributed by atoms with Gasteiger partial charge in [-0.3, -0.25) is 4.57 Å². The molecule has 1 atom stereocenters. The van der Waals surface area contributed by atoms with E-state index in [2.05, 4.69) is 5.32 Å². The van der Waals surface area contributed by atoms with E-state index in [0.717, 1.165) is 0 Å². The van der Waals surface area contributed by atoms with Crippen LogP contribution in [0.4, 0.5) is 32.0 Å². The number of benzene rings is 3. The first-order valence-electron chi connectivity index (χ1n) is 8.36. The number of hydrogen-bond donors (Lipinski definition) is 3. The summed E-state index contributed by atoms with van der Waals surface area (Å²) in [5.41, 5.74) is -4.01. The molecule has 3 rings (SSSR count). The molecule has 30 heavy (non-hydrogen) atoms. The molecule has 0 aliphatic heterocycles. The van der Waals surface area contributed by atoms with Gasteiger partial charge in [0, 0.05) is 11.1 Å². The minimum Gasteiger partial charge on any atom is -0.367 e. The van der Waals surface area contributed by atoms with Crippen LogP contribution in [0, 0.1) is 0 Å². The van der Waals surface area contributed by atoms with Crippen molar-refractivity contribution in [2.75, 3.05) is 5.32 Å². The summed E-state index contributed by atoms with van der Waals surface area (Å²) in [6.07, 6.45) is -10.3. The molecule has 0 fully saturated rings. The van der Waals surface area contributed by atoms with Crippen molar-refractivity contribution in [1.29, 1.82) is 0 Å². The van der Waals surface area contributed by atoms with Crippen LogP contribution in [0.2, 0.25) is 0 Å². The summed E-state index contributed by atoms with van der Waals surface area (Å²) < 4.78 is 91.0. The number of nitrogens with one attached hydrogen (secondary N) is 1. The topological polar surface area (TPSA) is 69.6 Å². The highest BCUT2D eigenvalue weighted by Gasteiger charge is 2.40. The number of halogens is 6. The molecule has 4 nitrogen and oxygen atoms in total. The van der Waals surface area contributed by atoms with E-state index in [1.165, 1.54) is 12.1 Å². The van der Waals surface area contributed by atoms with Crippen molar-refractivity contribution in [3.05, 3.63) is 77.4 Å². The lowest BCUT2D eigenvalue weighted by molar-refractivity contribution is -0.143. The van der Waals surface area contributed by atoms with Crippen molar-refractivity contribution in [2.45, 2.75) is 18.1 Å². The van der Waals surface area contributed by atoms with Gasteiger partial charge in [-0.1, -0.05) is 36.4 Å². The summed E-state index contributed by atoms with van der Waals surface area (Å²) in [5, 5.41) is 3.58. The molecule has 0 aliphatic rings.